The highest BCUT2D eigenvalue weighted by atomic mass is 16.5. The van der Waals surface area contributed by atoms with Crippen LogP contribution < -0.4 is 0 Å². The highest BCUT2D eigenvalue weighted by Gasteiger charge is 2.09. The Morgan fingerprint density at radius 2 is 0.839 bits per heavy atom. The first kappa shape index (κ1) is 38.1. The molecule has 0 aliphatic rings. The molecule has 194 valence electrons. The van der Waals surface area contributed by atoms with Gasteiger partial charge in [-0.15, -0.1) is 0 Å². The van der Waals surface area contributed by atoms with Crippen molar-refractivity contribution in [1.82, 2.24) is 0 Å². The smallest absolute Gasteiger partial charge is 0.0700 e. The Morgan fingerprint density at radius 3 is 1.10 bits per heavy atom. The fraction of sp³-hybridized carbons (Fsp3) is 1.00. The molecule has 0 aromatic rings. The fourth-order valence-corrected chi connectivity index (χ4v) is 2.14. The average Bonchev–Trinajstić information content (AvgIpc) is 2.56. The predicted octanol–water partition coefficient (Wildman–Crippen LogP) is 7.77. The third-order valence-corrected chi connectivity index (χ3v) is 3.95. The maximum atomic E-state index is 8.37. The van der Waals surface area contributed by atoms with Gasteiger partial charge in [0.25, 0.3) is 0 Å². The largest absolute Gasteiger partial charge is 0.394 e. The van der Waals surface area contributed by atoms with Gasteiger partial charge in [-0.05, 0) is 41.9 Å². The Morgan fingerprint density at radius 1 is 0.484 bits per heavy atom. The van der Waals surface area contributed by atoms with E-state index in [1.54, 1.807) is 0 Å². The molecular weight excluding hydrogens is 388 g/mol. The minimum atomic E-state index is 0. The molecule has 0 radical (unpaired) electrons. The molecule has 4 nitrogen and oxygen atoms in total. The van der Waals surface area contributed by atoms with Crippen molar-refractivity contribution in [3.05, 3.63) is 0 Å². The van der Waals surface area contributed by atoms with E-state index in [-0.39, 0.29) is 14.0 Å². The van der Waals surface area contributed by atoms with Gasteiger partial charge in [0.1, 0.15) is 0 Å². The zero-order valence-corrected chi connectivity index (χ0v) is 22.7. The molecule has 1 N–H and O–H groups in total. The number of ether oxygens (including phenoxy) is 3. The monoisotopic (exact) mass is 450 g/mol. The van der Waals surface area contributed by atoms with Crippen LogP contribution in [-0.2, 0) is 14.2 Å². The predicted molar refractivity (Wildman–Crippen MR) is 139 cm³/mol. The Bertz CT molecular complexity index is 322. The Hall–Kier alpha value is -0.160. The van der Waals surface area contributed by atoms with E-state index < -0.39 is 0 Å². The van der Waals surface area contributed by atoms with Crippen LogP contribution in [0.15, 0.2) is 0 Å². The third kappa shape index (κ3) is 53.3. The number of hydrogen-bond acceptors (Lipinski definition) is 4. The van der Waals surface area contributed by atoms with Crippen LogP contribution in [0.1, 0.15) is 116 Å². The fourth-order valence-electron chi connectivity index (χ4n) is 2.14. The summed E-state index contributed by atoms with van der Waals surface area (Å²) in [6.45, 7) is 28.9. The highest BCUT2D eigenvalue weighted by molar-refractivity contribution is 4.60. The van der Waals surface area contributed by atoms with Crippen LogP contribution in [-0.4, -0.2) is 51.4 Å². The van der Waals surface area contributed by atoms with E-state index in [0.29, 0.717) is 22.9 Å². The van der Waals surface area contributed by atoms with Crippen LogP contribution >= 0.6 is 0 Å². The van der Waals surface area contributed by atoms with Gasteiger partial charge >= 0.3 is 0 Å². The number of aliphatic hydroxyl groups is 1. The molecule has 0 fully saturated rings. The van der Waals surface area contributed by atoms with Crippen LogP contribution in [0, 0.1) is 16.2 Å². The van der Waals surface area contributed by atoms with Crippen LogP contribution in [0.25, 0.3) is 0 Å². The molecule has 0 unspecified atom stereocenters. The Balaban J connectivity index is -0.000000182. The third-order valence-electron chi connectivity index (χ3n) is 3.95. The second-order valence-electron chi connectivity index (χ2n) is 11.5. The van der Waals surface area contributed by atoms with E-state index in [9.17, 15) is 0 Å². The molecular formula is C27H62O4. The molecule has 0 spiro atoms. The van der Waals surface area contributed by atoms with Gasteiger partial charge in [0.15, 0.2) is 0 Å². The average molecular weight is 451 g/mol. The van der Waals surface area contributed by atoms with Crippen molar-refractivity contribution in [2.45, 2.75) is 116 Å². The second-order valence-corrected chi connectivity index (χ2v) is 11.5. The molecule has 0 saturated heterocycles. The highest BCUT2D eigenvalue weighted by Crippen LogP contribution is 2.19. The van der Waals surface area contributed by atoms with Crippen molar-refractivity contribution in [1.29, 1.82) is 0 Å². The molecule has 4 heteroatoms. The van der Waals surface area contributed by atoms with E-state index in [1.165, 1.54) is 12.8 Å². The summed E-state index contributed by atoms with van der Waals surface area (Å²) in [5, 5.41) is 8.37. The summed E-state index contributed by atoms with van der Waals surface area (Å²) in [7, 11) is 0. The molecule has 0 heterocycles. The minimum absolute atomic E-state index is 0. The summed E-state index contributed by atoms with van der Waals surface area (Å²) in [6.07, 6.45) is 5.90. The van der Waals surface area contributed by atoms with E-state index in [0.717, 1.165) is 52.3 Å². The quantitative estimate of drug-likeness (QED) is 0.308. The van der Waals surface area contributed by atoms with E-state index in [2.05, 4.69) is 76.2 Å². The van der Waals surface area contributed by atoms with Gasteiger partial charge in [-0.1, -0.05) is 90.0 Å². The van der Waals surface area contributed by atoms with Crippen LogP contribution in [0.5, 0.6) is 0 Å². The summed E-state index contributed by atoms with van der Waals surface area (Å²) in [6, 6.07) is 0. The van der Waals surface area contributed by atoms with Crippen molar-refractivity contribution in [2.24, 2.45) is 16.2 Å². The first-order chi connectivity index (χ1) is 13.7. The van der Waals surface area contributed by atoms with Crippen molar-refractivity contribution in [3.63, 3.8) is 0 Å². The van der Waals surface area contributed by atoms with Gasteiger partial charge in [0.05, 0.1) is 26.4 Å². The Kier molecular flexibility index (Phi) is 28.3. The SMILES string of the molecule is C.CC(C)(C)CCOCCO.CCCC(C)(C)C.CCCOCCOCCC(C)(C)C. The standard InChI is InChI=1S/C11H24O2.C8H18O2.C7H16.CH4/c1-5-7-12-9-10-13-8-6-11(2,3)4;1-8(2,3)4-6-10-7-5-9;1-5-6-7(2,3)4;/h5-10H2,1-4H3;9H,4-7H2,1-3H3;5-6H2,1-4H3;1H4. The lowest BCUT2D eigenvalue weighted by molar-refractivity contribution is 0.0390. The van der Waals surface area contributed by atoms with E-state index in [4.69, 9.17) is 19.3 Å². The van der Waals surface area contributed by atoms with Crippen molar-refractivity contribution < 1.29 is 19.3 Å². The summed E-state index contributed by atoms with van der Waals surface area (Å²) >= 11 is 0. The number of rotatable bonds is 12. The molecule has 0 aliphatic carbocycles. The van der Waals surface area contributed by atoms with Gasteiger partial charge in [0.2, 0.25) is 0 Å². The summed E-state index contributed by atoms with van der Waals surface area (Å²) in [4.78, 5) is 0. The lowest BCUT2D eigenvalue weighted by Crippen LogP contribution is -2.12. The molecule has 0 amide bonds. The molecule has 0 rings (SSSR count). The maximum absolute atomic E-state index is 8.37. The van der Waals surface area contributed by atoms with Crippen LogP contribution in [0.4, 0.5) is 0 Å². The van der Waals surface area contributed by atoms with Gasteiger partial charge < -0.3 is 19.3 Å². The van der Waals surface area contributed by atoms with Gasteiger partial charge in [-0.25, -0.2) is 0 Å². The number of hydrogen-bond donors (Lipinski definition) is 1. The van der Waals surface area contributed by atoms with Crippen LogP contribution in [0.2, 0.25) is 0 Å². The molecule has 0 saturated carbocycles. The van der Waals surface area contributed by atoms with E-state index in [1.807, 2.05) is 0 Å². The summed E-state index contributed by atoms with van der Waals surface area (Å²) < 4.78 is 15.8. The van der Waals surface area contributed by atoms with E-state index >= 15 is 0 Å². The maximum Gasteiger partial charge on any atom is 0.0700 e. The normalized spacial score (nSPS) is 11.6. The van der Waals surface area contributed by atoms with Gasteiger partial charge in [-0.2, -0.15) is 0 Å². The molecule has 0 bridgehead atoms. The first-order valence-electron chi connectivity index (χ1n) is 12.0. The molecule has 0 aromatic heterocycles. The summed E-state index contributed by atoms with van der Waals surface area (Å²) in [5.41, 5.74) is 1.27. The van der Waals surface area contributed by atoms with Crippen molar-refractivity contribution >= 4 is 0 Å². The summed E-state index contributed by atoms with van der Waals surface area (Å²) in [5.74, 6) is 0. The molecule has 0 atom stereocenters. The molecule has 0 aromatic carbocycles. The van der Waals surface area contributed by atoms with Gasteiger partial charge in [-0.3, -0.25) is 0 Å². The Labute approximate surface area is 197 Å². The topological polar surface area (TPSA) is 47.9 Å². The zero-order chi connectivity index (χ0) is 24.1. The van der Waals surface area contributed by atoms with Crippen molar-refractivity contribution in [2.75, 3.05) is 46.2 Å². The van der Waals surface area contributed by atoms with Gasteiger partial charge in [0, 0.05) is 19.8 Å². The second kappa shape index (κ2) is 23.0. The minimum Gasteiger partial charge on any atom is -0.394 e. The number of aliphatic hydroxyl groups excluding tert-OH is 1. The molecule has 0 aliphatic heterocycles. The molecule has 31 heavy (non-hydrogen) atoms. The lowest BCUT2D eigenvalue weighted by atomic mass is 9.91. The first-order valence-corrected chi connectivity index (χ1v) is 12.0. The van der Waals surface area contributed by atoms with Crippen molar-refractivity contribution in [3.8, 4) is 0 Å². The lowest BCUT2D eigenvalue weighted by Gasteiger charge is -2.17. The van der Waals surface area contributed by atoms with Crippen LogP contribution in [0.3, 0.4) is 0 Å². The zero-order valence-electron chi connectivity index (χ0n) is 22.7.